The number of hydrogen-bond donors (Lipinski definition) is 2. The lowest BCUT2D eigenvalue weighted by Gasteiger charge is -2.33. The molecule has 1 rings (SSSR count). The summed E-state index contributed by atoms with van der Waals surface area (Å²) in [6, 6.07) is 0. The molecule has 0 aromatic carbocycles. The van der Waals surface area contributed by atoms with E-state index in [9.17, 15) is 4.79 Å². The van der Waals surface area contributed by atoms with Crippen LogP contribution in [0.25, 0.3) is 0 Å². The van der Waals surface area contributed by atoms with E-state index in [1.54, 1.807) is 0 Å². The number of amides is 1. The van der Waals surface area contributed by atoms with E-state index < -0.39 is 0 Å². The van der Waals surface area contributed by atoms with Crippen molar-refractivity contribution in [2.75, 3.05) is 6.54 Å². The fourth-order valence-electron chi connectivity index (χ4n) is 2.07. The van der Waals surface area contributed by atoms with Crippen LogP contribution in [0.5, 0.6) is 0 Å². The highest BCUT2D eigenvalue weighted by Gasteiger charge is 2.28. The quantitative estimate of drug-likeness (QED) is 0.705. The van der Waals surface area contributed by atoms with Crippen LogP contribution in [-0.2, 0) is 4.79 Å². The highest BCUT2D eigenvalue weighted by atomic mass is 16.1. The zero-order valence-electron chi connectivity index (χ0n) is 10.0. The summed E-state index contributed by atoms with van der Waals surface area (Å²) in [5.74, 6) is 0.822. The van der Waals surface area contributed by atoms with Gasteiger partial charge < -0.3 is 11.1 Å². The molecule has 3 heteroatoms. The summed E-state index contributed by atoms with van der Waals surface area (Å²) in [5, 5.41) is 3.11. The van der Waals surface area contributed by atoms with Gasteiger partial charge in [-0.1, -0.05) is 20.3 Å². The van der Waals surface area contributed by atoms with Crippen LogP contribution in [0.2, 0.25) is 0 Å². The minimum absolute atomic E-state index is 0.166. The number of carbonyl (C=O) groups is 1. The first-order chi connectivity index (χ1) is 7.15. The lowest BCUT2D eigenvalue weighted by atomic mass is 9.82. The maximum absolute atomic E-state index is 11.8. The standard InChI is InChI=1S/C12H24N2O/c1-3-12(4-2,9-13)14-11(15)8-10-6-5-7-10/h10H,3-9,13H2,1-2H3,(H,14,15). The molecule has 1 fully saturated rings. The smallest absolute Gasteiger partial charge is 0.220 e. The summed E-state index contributed by atoms with van der Waals surface area (Å²) in [6.45, 7) is 4.70. The summed E-state index contributed by atoms with van der Waals surface area (Å²) in [4.78, 5) is 11.8. The fourth-order valence-corrected chi connectivity index (χ4v) is 2.07. The second-order valence-corrected chi connectivity index (χ2v) is 4.74. The molecule has 88 valence electrons. The molecule has 1 aliphatic rings. The summed E-state index contributed by atoms with van der Waals surface area (Å²) in [5.41, 5.74) is 5.57. The van der Waals surface area contributed by atoms with Gasteiger partial charge in [0.05, 0.1) is 5.54 Å². The molecule has 0 atom stereocenters. The molecule has 15 heavy (non-hydrogen) atoms. The summed E-state index contributed by atoms with van der Waals surface area (Å²) >= 11 is 0. The van der Waals surface area contributed by atoms with Crippen molar-refractivity contribution in [3.63, 3.8) is 0 Å². The Kier molecular flexibility index (Phi) is 4.58. The van der Waals surface area contributed by atoms with E-state index in [1.807, 2.05) is 0 Å². The Balaban J connectivity index is 2.38. The van der Waals surface area contributed by atoms with E-state index >= 15 is 0 Å². The first kappa shape index (κ1) is 12.5. The molecule has 0 aromatic heterocycles. The molecule has 0 aromatic rings. The van der Waals surface area contributed by atoms with Gasteiger partial charge in [-0.05, 0) is 31.6 Å². The van der Waals surface area contributed by atoms with Gasteiger partial charge >= 0.3 is 0 Å². The van der Waals surface area contributed by atoms with E-state index in [2.05, 4.69) is 19.2 Å². The summed E-state index contributed by atoms with van der Waals surface area (Å²) < 4.78 is 0. The largest absolute Gasteiger partial charge is 0.349 e. The van der Waals surface area contributed by atoms with Crippen molar-refractivity contribution in [1.82, 2.24) is 5.32 Å². The van der Waals surface area contributed by atoms with Gasteiger partial charge in [0.15, 0.2) is 0 Å². The predicted octanol–water partition coefficient (Wildman–Crippen LogP) is 1.81. The van der Waals surface area contributed by atoms with E-state index in [1.165, 1.54) is 19.3 Å². The van der Waals surface area contributed by atoms with E-state index in [0.29, 0.717) is 18.9 Å². The van der Waals surface area contributed by atoms with Crippen LogP contribution in [0.4, 0.5) is 0 Å². The highest BCUT2D eigenvalue weighted by Crippen LogP contribution is 2.29. The van der Waals surface area contributed by atoms with Gasteiger partial charge in [-0.3, -0.25) is 4.79 Å². The number of carbonyl (C=O) groups excluding carboxylic acids is 1. The third kappa shape index (κ3) is 3.20. The zero-order chi connectivity index (χ0) is 11.3. The number of hydrogen-bond acceptors (Lipinski definition) is 2. The molecule has 0 saturated heterocycles. The van der Waals surface area contributed by atoms with Crippen molar-refractivity contribution in [2.45, 2.75) is 57.9 Å². The monoisotopic (exact) mass is 212 g/mol. The lowest BCUT2D eigenvalue weighted by Crippen LogP contribution is -2.53. The van der Waals surface area contributed by atoms with Crippen LogP contribution in [-0.4, -0.2) is 18.0 Å². The topological polar surface area (TPSA) is 55.1 Å². The van der Waals surface area contributed by atoms with Crippen molar-refractivity contribution in [1.29, 1.82) is 0 Å². The van der Waals surface area contributed by atoms with Crippen LogP contribution in [0.3, 0.4) is 0 Å². The van der Waals surface area contributed by atoms with Crippen LogP contribution >= 0.6 is 0 Å². The predicted molar refractivity (Wildman–Crippen MR) is 62.5 cm³/mol. The molecular formula is C12H24N2O. The normalized spacial score (nSPS) is 17.3. The van der Waals surface area contributed by atoms with Gasteiger partial charge in [0.25, 0.3) is 0 Å². The number of rotatable bonds is 6. The van der Waals surface area contributed by atoms with Gasteiger partial charge in [0, 0.05) is 13.0 Å². The molecule has 1 saturated carbocycles. The van der Waals surface area contributed by atoms with E-state index in [4.69, 9.17) is 5.73 Å². The summed E-state index contributed by atoms with van der Waals surface area (Å²) in [7, 11) is 0. The summed E-state index contributed by atoms with van der Waals surface area (Å²) in [6.07, 6.45) is 6.26. The third-order valence-electron chi connectivity index (χ3n) is 3.85. The molecule has 1 aliphatic carbocycles. The molecular weight excluding hydrogens is 188 g/mol. The zero-order valence-corrected chi connectivity index (χ0v) is 10.0. The van der Waals surface area contributed by atoms with Crippen molar-refractivity contribution < 1.29 is 4.79 Å². The first-order valence-corrected chi connectivity index (χ1v) is 6.17. The molecule has 0 spiro atoms. The van der Waals surface area contributed by atoms with Gasteiger partial charge in [0.1, 0.15) is 0 Å². The van der Waals surface area contributed by atoms with Gasteiger partial charge in [-0.25, -0.2) is 0 Å². The number of nitrogens with two attached hydrogens (primary N) is 1. The second kappa shape index (κ2) is 5.50. The van der Waals surface area contributed by atoms with E-state index in [0.717, 1.165) is 12.8 Å². The molecule has 0 unspecified atom stereocenters. The average molecular weight is 212 g/mol. The molecule has 3 N–H and O–H groups in total. The minimum Gasteiger partial charge on any atom is -0.349 e. The van der Waals surface area contributed by atoms with E-state index in [-0.39, 0.29) is 11.4 Å². The maximum Gasteiger partial charge on any atom is 0.220 e. The second-order valence-electron chi connectivity index (χ2n) is 4.74. The van der Waals surface area contributed by atoms with Crippen LogP contribution in [0.1, 0.15) is 52.4 Å². The Morgan fingerprint density at radius 1 is 1.40 bits per heavy atom. The Morgan fingerprint density at radius 3 is 2.33 bits per heavy atom. The van der Waals surface area contributed by atoms with Crippen LogP contribution in [0, 0.1) is 5.92 Å². The lowest BCUT2D eigenvalue weighted by molar-refractivity contribution is -0.124. The van der Waals surface area contributed by atoms with Crippen molar-refractivity contribution in [3.05, 3.63) is 0 Å². The Morgan fingerprint density at radius 2 is 2.00 bits per heavy atom. The highest BCUT2D eigenvalue weighted by molar-refractivity contribution is 5.77. The van der Waals surface area contributed by atoms with Crippen LogP contribution in [0.15, 0.2) is 0 Å². The Bertz CT molecular complexity index is 199. The maximum atomic E-state index is 11.8. The number of nitrogens with one attached hydrogen (secondary N) is 1. The van der Waals surface area contributed by atoms with Crippen molar-refractivity contribution in [3.8, 4) is 0 Å². The molecule has 3 nitrogen and oxygen atoms in total. The van der Waals surface area contributed by atoms with Gasteiger partial charge in [0.2, 0.25) is 5.91 Å². The SMILES string of the molecule is CCC(CC)(CN)NC(=O)CC1CCC1. The van der Waals surface area contributed by atoms with Crippen molar-refractivity contribution >= 4 is 5.91 Å². The molecule has 0 aliphatic heterocycles. The van der Waals surface area contributed by atoms with Crippen molar-refractivity contribution in [2.24, 2.45) is 11.7 Å². The van der Waals surface area contributed by atoms with Crippen LogP contribution < -0.4 is 11.1 Å². The fraction of sp³-hybridized carbons (Fsp3) is 0.917. The molecule has 0 bridgehead atoms. The Labute approximate surface area is 92.8 Å². The van der Waals surface area contributed by atoms with Gasteiger partial charge in [-0.15, -0.1) is 0 Å². The minimum atomic E-state index is -0.166. The van der Waals surface area contributed by atoms with Gasteiger partial charge in [-0.2, -0.15) is 0 Å². The molecule has 1 amide bonds. The Hall–Kier alpha value is -0.570. The first-order valence-electron chi connectivity index (χ1n) is 6.17. The average Bonchev–Trinajstić information content (AvgIpc) is 2.20. The third-order valence-corrected chi connectivity index (χ3v) is 3.85. The molecule has 0 radical (unpaired) electrons. The molecule has 0 heterocycles.